The van der Waals surface area contributed by atoms with Crippen LogP contribution in [-0.2, 0) is 13.6 Å². The average Bonchev–Trinajstić information content (AvgIpc) is 2.61. The van der Waals surface area contributed by atoms with Gasteiger partial charge in [0.15, 0.2) is 4.73 Å². The maximum atomic E-state index is 5.44. The number of aryl methyl sites for hydroxylation is 1. The number of halogens is 1. The zero-order valence-corrected chi connectivity index (χ0v) is 9.14. The van der Waals surface area contributed by atoms with E-state index in [-0.39, 0.29) is 5.95 Å². The fourth-order valence-corrected chi connectivity index (χ4v) is 1.53. The standard InChI is InChI=1S/C7H9BrN6/c1-13-3-2-5(11-13)4-14-6(8)10-7(9)12-14/h2-3H,4H2,1H3,(H2,9,12). The maximum absolute atomic E-state index is 5.44. The predicted octanol–water partition coefficient (Wildman–Crippen LogP) is 0.405. The highest BCUT2D eigenvalue weighted by Crippen LogP contribution is 2.09. The first-order valence-electron chi connectivity index (χ1n) is 3.99. The molecule has 0 spiro atoms. The van der Waals surface area contributed by atoms with Crippen LogP contribution in [0.4, 0.5) is 5.95 Å². The Morgan fingerprint density at radius 2 is 2.29 bits per heavy atom. The number of aromatic nitrogens is 5. The van der Waals surface area contributed by atoms with Gasteiger partial charge >= 0.3 is 0 Å². The van der Waals surface area contributed by atoms with Crippen molar-refractivity contribution in [3.63, 3.8) is 0 Å². The number of hydrogen-bond donors (Lipinski definition) is 1. The topological polar surface area (TPSA) is 74.5 Å². The lowest BCUT2D eigenvalue weighted by molar-refractivity contribution is 0.638. The Labute approximate surface area is 88.9 Å². The summed E-state index contributed by atoms with van der Waals surface area (Å²) in [5.74, 6) is 0.257. The zero-order valence-electron chi connectivity index (χ0n) is 7.55. The molecule has 2 aromatic rings. The summed E-state index contributed by atoms with van der Waals surface area (Å²) in [6.45, 7) is 0.561. The van der Waals surface area contributed by atoms with E-state index in [9.17, 15) is 0 Å². The summed E-state index contributed by atoms with van der Waals surface area (Å²) in [7, 11) is 1.87. The Morgan fingerprint density at radius 1 is 1.50 bits per heavy atom. The van der Waals surface area contributed by atoms with Gasteiger partial charge in [0.05, 0.1) is 12.2 Å². The number of rotatable bonds is 2. The van der Waals surface area contributed by atoms with Crippen molar-refractivity contribution in [2.24, 2.45) is 7.05 Å². The molecule has 6 nitrogen and oxygen atoms in total. The summed E-state index contributed by atoms with van der Waals surface area (Å²) >= 11 is 3.26. The molecule has 0 aliphatic rings. The molecule has 0 bridgehead atoms. The molecule has 0 saturated heterocycles. The van der Waals surface area contributed by atoms with Crippen LogP contribution in [-0.4, -0.2) is 24.5 Å². The van der Waals surface area contributed by atoms with E-state index in [0.717, 1.165) is 5.69 Å². The van der Waals surface area contributed by atoms with Gasteiger partial charge in [-0.15, -0.1) is 5.10 Å². The van der Waals surface area contributed by atoms with Gasteiger partial charge in [-0.3, -0.25) is 4.68 Å². The number of nitrogens with two attached hydrogens (primary N) is 1. The monoisotopic (exact) mass is 256 g/mol. The van der Waals surface area contributed by atoms with E-state index >= 15 is 0 Å². The molecule has 0 aromatic carbocycles. The Kier molecular flexibility index (Phi) is 2.24. The number of hydrogen-bond acceptors (Lipinski definition) is 4. The molecular weight excluding hydrogens is 248 g/mol. The fraction of sp³-hybridized carbons (Fsp3) is 0.286. The first-order chi connectivity index (χ1) is 6.65. The molecular formula is C7H9BrN6. The summed E-state index contributed by atoms with van der Waals surface area (Å²) in [5.41, 5.74) is 6.35. The SMILES string of the molecule is Cn1ccc(Cn2nc(N)nc2Br)n1. The molecule has 0 fully saturated rings. The van der Waals surface area contributed by atoms with E-state index in [1.165, 1.54) is 0 Å². The molecule has 0 unspecified atom stereocenters. The van der Waals surface area contributed by atoms with Gasteiger partial charge in [0.1, 0.15) is 0 Å². The third kappa shape index (κ3) is 1.77. The van der Waals surface area contributed by atoms with Crippen LogP contribution in [0.2, 0.25) is 0 Å². The van der Waals surface area contributed by atoms with Crippen molar-refractivity contribution in [1.29, 1.82) is 0 Å². The van der Waals surface area contributed by atoms with Crippen molar-refractivity contribution in [3.05, 3.63) is 22.7 Å². The molecule has 74 valence electrons. The molecule has 2 aromatic heterocycles. The number of nitrogens with zero attached hydrogens (tertiary/aromatic N) is 5. The van der Waals surface area contributed by atoms with Crippen LogP contribution < -0.4 is 5.73 Å². The van der Waals surface area contributed by atoms with Crippen molar-refractivity contribution in [3.8, 4) is 0 Å². The number of nitrogen functional groups attached to an aromatic ring is 1. The minimum absolute atomic E-state index is 0.257. The summed E-state index contributed by atoms with van der Waals surface area (Å²) in [5, 5.41) is 8.22. The fourth-order valence-electron chi connectivity index (χ4n) is 1.14. The Hall–Kier alpha value is -1.37. The van der Waals surface area contributed by atoms with Crippen molar-refractivity contribution < 1.29 is 0 Å². The summed E-state index contributed by atoms with van der Waals surface area (Å²) in [6, 6.07) is 1.92. The summed E-state index contributed by atoms with van der Waals surface area (Å²) in [4.78, 5) is 3.93. The minimum Gasteiger partial charge on any atom is -0.366 e. The van der Waals surface area contributed by atoms with Gasteiger partial charge in [-0.1, -0.05) is 0 Å². The Balaban J connectivity index is 2.22. The van der Waals surface area contributed by atoms with Gasteiger partial charge in [-0.2, -0.15) is 10.1 Å². The Morgan fingerprint density at radius 3 is 2.79 bits per heavy atom. The molecule has 0 aliphatic heterocycles. The van der Waals surface area contributed by atoms with Crippen molar-refractivity contribution >= 4 is 21.9 Å². The third-order valence-corrected chi connectivity index (χ3v) is 2.31. The quantitative estimate of drug-likeness (QED) is 0.845. The summed E-state index contributed by atoms with van der Waals surface area (Å²) < 4.78 is 4.00. The van der Waals surface area contributed by atoms with E-state index in [0.29, 0.717) is 11.3 Å². The highest BCUT2D eigenvalue weighted by atomic mass is 79.9. The lowest BCUT2D eigenvalue weighted by Gasteiger charge is -1.97. The lowest BCUT2D eigenvalue weighted by atomic mass is 10.4. The van der Waals surface area contributed by atoms with Crippen LogP contribution in [0.25, 0.3) is 0 Å². The van der Waals surface area contributed by atoms with Gasteiger partial charge < -0.3 is 5.73 Å². The molecule has 0 aliphatic carbocycles. The van der Waals surface area contributed by atoms with E-state index in [1.54, 1.807) is 9.36 Å². The van der Waals surface area contributed by atoms with Crippen LogP contribution in [0.1, 0.15) is 5.69 Å². The highest BCUT2D eigenvalue weighted by molar-refractivity contribution is 9.10. The van der Waals surface area contributed by atoms with Crippen LogP contribution in [0, 0.1) is 0 Å². The number of anilines is 1. The minimum atomic E-state index is 0.257. The molecule has 0 radical (unpaired) electrons. The predicted molar refractivity (Wildman–Crippen MR) is 54.4 cm³/mol. The molecule has 2 N–H and O–H groups in total. The first-order valence-corrected chi connectivity index (χ1v) is 4.79. The molecule has 0 saturated carbocycles. The summed E-state index contributed by atoms with van der Waals surface area (Å²) in [6.07, 6.45) is 1.88. The van der Waals surface area contributed by atoms with Gasteiger partial charge in [-0.25, -0.2) is 4.68 Å². The first kappa shape index (κ1) is 9.20. The van der Waals surface area contributed by atoms with Crippen molar-refractivity contribution in [2.75, 3.05) is 5.73 Å². The second kappa shape index (κ2) is 3.41. The lowest BCUT2D eigenvalue weighted by Crippen LogP contribution is -2.04. The smallest absolute Gasteiger partial charge is 0.240 e. The van der Waals surface area contributed by atoms with Crippen LogP contribution in [0.3, 0.4) is 0 Å². The van der Waals surface area contributed by atoms with Crippen LogP contribution >= 0.6 is 15.9 Å². The maximum Gasteiger partial charge on any atom is 0.240 e. The van der Waals surface area contributed by atoms with Crippen molar-refractivity contribution in [1.82, 2.24) is 24.5 Å². The average molecular weight is 257 g/mol. The molecule has 7 heteroatoms. The van der Waals surface area contributed by atoms with Crippen molar-refractivity contribution in [2.45, 2.75) is 6.54 Å². The van der Waals surface area contributed by atoms with E-state index in [1.807, 2.05) is 19.3 Å². The van der Waals surface area contributed by atoms with Gasteiger partial charge in [0.25, 0.3) is 0 Å². The van der Waals surface area contributed by atoms with E-state index in [2.05, 4.69) is 31.1 Å². The van der Waals surface area contributed by atoms with E-state index < -0.39 is 0 Å². The van der Waals surface area contributed by atoms with Gasteiger partial charge in [-0.05, 0) is 22.0 Å². The zero-order chi connectivity index (χ0) is 10.1. The van der Waals surface area contributed by atoms with Crippen LogP contribution in [0.5, 0.6) is 0 Å². The van der Waals surface area contributed by atoms with Gasteiger partial charge in [0, 0.05) is 13.2 Å². The third-order valence-electron chi connectivity index (χ3n) is 1.72. The molecule has 0 atom stereocenters. The molecule has 0 amide bonds. The normalized spacial score (nSPS) is 10.7. The van der Waals surface area contributed by atoms with Crippen LogP contribution in [0.15, 0.2) is 17.0 Å². The molecule has 2 heterocycles. The Bertz CT molecular complexity index is 445. The second-order valence-corrected chi connectivity index (χ2v) is 3.59. The van der Waals surface area contributed by atoms with E-state index in [4.69, 9.17) is 5.73 Å². The second-order valence-electron chi connectivity index (χ2n) is 2.88. The van der Waals surface area contributed by atoms with Gasteiger partial charge in [0.2, 0.25) is 5.95 Å². The largest absolute Gasteiger partial charge is 0.366 e. The molecule has 14 heavy (non-hydrogen) atoms. The molecule has 2 rings (SSSR count). The highest BCUT2D eigenvalue weighted by Gasteiger charge is 2.06.